The highest BCUT2D eigenvalue weighted by Gasteiger charge is 2.26. The Morgan fingerprint density at radius 2 is 1.81 bits per heavy atom. The van der Waals surface area contributed by atoms with Gasteiger partial charge in [0.25, 0.3) is 11.5 Å². The number of amides is 2. The molecule has 0 saturated carbocycles. The van der Waals surface area contributed by atoms with E-state index < -0.39 is 0 Å². The molecule has 1 fully saturated rings. The van der Waals surface area contributed by atoms with Crippen LogP contribution in [-0.2, 0) is 11.2 Å². The van der Waals surface area contributed by atoms with Crippen molar-refractivity contribution in [3.8, 4) is 5.75 Å². The molecule has 8 heteroatoms. The number of aromatic nitrogens is 2. The van der Waals surface area contributed by atoms with Crippen molar-refractivity contribution in [2.75, 3.05) is 33.3 Å². The maximum absolute atomic E-state index is 12.7. The molecule has 2 amide bonds. The summed E-state index contributed by atoms with van der Waals surface area (Å²) in [7, 11) is 1.53. The van der Waals surface area contributed by atoms with E-state index in [1.54, 1.807) is 34.9 Å². The van der Waals surface area contributed by atoms with Crippen molar-refractivity contribution in [1.29, 1.82) is 0 Å². The van der Waals surface area contributed by atoms with Crippen LogP contribution in [0.15, 0.2) is 35.3 Å². The van der Waals surface area contributed by atoms with E-state index in [0.29, 0.717) is 48.9 Å². The maximum Gasteiger partial charge on any atom is 0.257 e. The van der Waals surface area contributed by atoms with Crippen molar-refractivity contribution in [2.24, 2.45) is 0 Å². The Balaban J connectivity index is 1.60. The number of hydrogen-bond acceptors (Lipinski definition) is 5. The second kappa shape index (κ2) is 8.03. The summed E-state index contributed by atoms with van der Waals surface area (Å²) in [5.41, 5.74) is 0.566. The first-order valence-corrected chi connectivity index (χ1v) is 8.74. The van der Waals surface area contributed by atoms with Crippen molar-refractivity contribution in [2.45, 2.75) is 13.3 Å². The van der Waals surface area contributed by atoms with Gasteiger partial charge in [-0.1, -0.05) is 12.1 Å². The Morgan fingerprint density at radius 1 is 1.15 bits per heavy atom. The SMILES string of the molecule is COc1ccccc1C(=O)N1CCN(C(=O)Cc2cnc(C)[nH]c2=O)CC1. The first kappa shape index (κ1) is 18.6. The third kappa shape index (κ3) is 4.16. The smallest absolute Gasteiger partial charge is 0.257 e. The molecule has 1 saturated heterocycles. The number of rotatable bonds is 4. The molecule has 0 aliphatic carbocycles. The average Bonchev–Trinajstić information content (AvgIpc) is 2.69. The number of nitrogens with one attached hydrogen (secondary N) is 1. The number of para-hydroxylation sites is 1. The van der Waals surface area contributed by atoms with Gasteiger partial charge in [0.2, 0.25) is 5.91 Å². The third-order valence-corrected chi connectivity index (χ3v) is 4.60. The minimum Gasteiger partial charge on any atom is -0.496 e. The van der Waals surface area contributed by atoms with Crippen LogP contribution in [0, 0.1) is 6.92 Å². The van der Waals surface area contributed by atoms with E-state index in [1.165, 1.54) is 13.3 Å². The van der Waals surface area contributed by atoms with Crippen LogP contribution in [0.5, 0.6) is 5.75 Å². The van der Waals surface area contributed by atoms with Gasteiger partial charge in [-0.05, 0) is 19.1 Å². The van der Waals surface area contributed by atoms with Crippen LogP contribution in [0.2, 0.25) is 0 Å². The maximum atomic E-state index is 12.7. The van der Waals surface area contributed by atoms with Crippen molar-refractivity contribution in [3.05, 3.63) is 57.8 Å². The Kier molecular flexibility index (Phi) is 5.54. The number of aromatic amines is 1. The van der Waals surface area contributed by atoms with E-state index in [0.717, 1.165) is 0 Å². The van der Waals surface area contributed by atoms with Gasteiger partial charge in [-0.25, -0.2) is 4.98 Å². The minimum absolute atomic E-state index is 0.00304. The zero-order valence-corrected chi connectivity index (χ0v) is 15.4. The molecule has 1 aromatic carbocycles. The molecule has 1 aliphatic rings. The lowest BCUT2D eigenvalue weighted by Crippen LogP contribution is -2.51. The van der Waals surface area contributed by atoms with Gasteiger partial charge in [-0.2, -0.15) is 0 Å². The Labute approximate surface area is 156 Å². The molecule has 1 aromatic heterocycles. The monoisotopic (exact) mass is 370 g/mol. The summed E-state index contributed by atoms with van der Waals surface area (Å²) in [6.45, 7) is 3.41. The first-order chi connectivity index (χ1) is 13.0. The number of benzene rings is 1. The van der Waals surface area contributed by atoms with Gasteiger partial charge in [-0.15, -0.1) is 0 Å². The fourth-order valence-corrected chi connectivity index (χ4v) is 3.06. The van der Waals surface area contributed by atoms with Gasteiger partial charge in [-0.3, -0.25) is 14.4 Å². The fraction of sp³-hybridized carbons (Fsp3) is 0.368. The summed E-state index contributed by atoms with van der Waals surface area (Å²) in [4.78, 5) is 47.1. The van der Waals surface area contributed by atoms with Gasteiger partial charge in [0.15, 0.2) is 0 Å². The van der Waals surface area contributed by atoms with Gasteiger partial charge >= 0.3 is 0 Å². The molecule has 0 bridgehead atoms. The molecule has 27 heavy (non-hydrogen) atoms. The second-order valence-electron chi connectivity index (χ2n) is 6.37. The predicted octanol–water partition coefficient (Wildman–Crippen LogP) is 0.614. The molecule has 8 nitrogen and oxygen atoms in total. The predicted molar refractivity (Wildman–Crippen MR) is 98.8 cm³/mol. The molecule has 1 aliphatic heterocycles. The number of carbonyl (C=O) groups is 2. The van der Waals surface area contributed by atoms with Crippen molar-refractivity contribution in [3.63, 3.8) is 0 Å². The van der Waals surface area contributed by atoms with Crippen LogP contribution in [0.4, 0.5) is 0 Å². The fourth-order valence-electron chi connectivity index (χ4n) is 3.06. The van der Waals surface area contributed by atoms with Crippen LogP contribution < -0.4 is 10.3 Å². The van der Waals surface area contributed by atoms with E-state index in [4.69, 9.17) is 4.74 Å². The Hall–Kier alpha value is -3.16. The molecule has 0 spiro atoms. The molecule has 0 unspecified atom stereocenters. The molecule has 0 atom stereocenters. The topological polar surface area (TPSA) is 95.6 Å². The van der Waals surface area contributed by atoms with Crippen LogP contribution >= 0.6 is 0 Å². The van der Waals surface area contributed by atoms with Crippen LogP contribution in [0.1, 0.15) is 21.7 Å². The highest BCUT2D eigenvalue weighted by molar-refractivity contribution is 5.97. The number of methoxy groups -OCH3 is 1. The largest absolute Gasteiger partial charge is 0.496 e. The van der Waals surface area contributed by atoms with Crippen molar-refractivity contribution >= 4 is 11.8 Å². The Bertz CT molecular complexity index is 901. The van der Waals surface area contributed by atoms with E-state index in [2.05, 4.69) is 9.97 Å². The molecule has 0 radical (unpaired) electrons. The highest BCUT2D eigenvalue weighted by atomic mass is 16.5. The van der Waals surface area contributed by atoms with Crippen LogP contribution in [-0.4, -0.2) is 64.9 Å². The molecule has 2 aromatic rings. The number of nitrogens with zero attached hydrogens (tertiary/aromatic N) is 3. The van der Waals surface area contributed by atoms with E-state index in [-0.39, 0.29) is 23.8 Å². The normalized spacial score (nSPS) is 14.1. The molecule has 2 heterocycles. The zero-order chi connectivity index (χ0) is 19.4. The lowest BCUT2D eigenvalue weighted by molar-refractivity contribution is -0.131. The van der Waals surface area contributed by atoms with Crippen LogP contribution in [0.25, 0.3) is 0 Å². The molecular weight excluding hydrogens is 348 g/mol. The summed E-state index contributed by atoms with van der Waals surface area (Å²) in [6, 6.07) is 7.09. The summed E-state index contributed by atoms with van der Waals surface area (Å²) in [5.74, 6) is 0.793. The van der Waals surface area contributed by atoms with Crippen molar-refractivity contribution in [1.82, 2.24) is 19.8 Å². The standard InChI is InChI=1S/C19H22N4O4/c1-13-20-12-14(18(25)21-13)11-17(24)22-7-9-23(10-8-22)19(26)15-5-3-4-6-16(15)27-2/h3-6,12H,7-11H2,1-2H3,(H,20,21,25). The van der Waals surface area contributed by atoms with E-state index in [9.17, 15) is 14.4 Å². The van der Waals surface area contributed by atoms with Gasteiger partial charge in [0.1, 0.15) is 11.6 Å². The number of ether oxygens (including phenoxy) is 1. The van der Waals surface area contributed by atoms with Gasteiger partial charge in [0, 0.05) is 37.9 Å². The summed E-state index contributed by atoms with van der Waals surface area (Å²) < 4.78 is 5.25. The minimum atomic E-state index is -0.291. The summed E-state index contributed by atoms with van der Waals surface area (Å²) >= 11 is 0. The second-order valence-corrected chi connectivity index (χ2v) is 6.37. The van der Waals surface area contributed by atoms with Crippen LogP contribution in [0.3, 0.4) is 0 Å². The molecule has 142 valence electrons. The van der Waals surface area contributed by atoms with Gasteiger partial charge in [0.05, 0.1) is 19.1 Å². The van der Waals surface area contributed by atoms with Crippen molar-refractivity contribution < 1.29 is 14.3 Å². The van der Waals surface area contributed by atoms with Gasteiger partial charge < -0.3 is 19.5 Å². The molecule has 3 rings (SSSR count). The number of aryl methyl sites for hydroxylation is 1. The first-order valence-electron chi connectivity index (χ1n) is 8.74. The quantitative estimate of drug-likeness (QED) is 0.851. The number of piperazine rings is 1. The average molecular weight is 370 g/mol. The van der Waals surface area contributed by atoms with E-state index >= 15 is 0 Å². The Morgan fingerprint density at radius 3 is 2.48 bits per heavy atom. The summed E-state index contributed by atoms with van der Waals surface area (Å²) in [5, 5.41) is 0. The highest BCUT2D eigenvalue weighted by Crippen LogP contribution is 2.20. The number of carbonyl (C=O) groups excluding carboxylic acids is 2. The van der Waals surface area contributed by atoms with E-state index in [1.807, 2.05) is 6.07 Å². The lowest BCUT2D eigenvalue weighted by Gasteiger charge is -2.35. The lowest BCUT2D eigenvalue weighted by atomic mass is 10.1. The summed E-state index contributed by atoms with van der Waals surface area (Å²) in [6.07, 6.45) is 1.44. The number of H-pyrrole nitrogens is 1. The number of hydrogen-bond donors (Lipinski definition) is 1. The third-order valence-electron chi connectivity index (χ3n) is 4.60. The molecular formula is C19H22N4O4. The molecule has 1 N–H and O–H groups in total. The zero-order valence-electron chi connectivity index (χ0n) is 15.4.